The molecule has 1 amide bonds. The van der Waals surface area contributed by atoms with Crippen LogP contribution in [0.3, 0.4) is 0 Å². The molecule has 0 aliphatic rings. The summed E-state index contributed by atoms with van der Waals surface area (Å²) in [6.07, 6.45) is 1.26. The molecule has 0 unspecified atom stereocenters. The van der Waals surface area contributed by atoms with Crippen LogP contribution in [0, 0.1) is 5.82 Å². The van der Waals surface area contributed by atoms with Crippen molar-refractivity contribution >= 4 is 28.5 Å². The summed E-state index contributed by atoms with van der Waals surface area (Å²) in [5, 5.41) is 3.31. The van der Waals surface area contributed by atoms with Crippen LogP contribution >= 0.6 is 11.6 Å². The summed E-state index contributed by atoms with van der Waals surface area (Å²) in [7, 11) is 3.07. The number of hydrogen-bond donors (Lipinski definition) is 1. The van der Waals surface area contributed by atoms with Gasteiger partial charge in [-0.15, -0.1) is 0 Å². The first-order valence-electron chi connectivity index (χ1n) is 10.9. The number of aryl methyl sites for hydroxylation is 1. The topological polar surface area (TPSA) is 65.4 Å². The molecule has 0 saturated heterocycles. The third kappa shape index (κ3) is 4.99. The predicted molar refractivity (Wildman–Crippen MR) is 130 cm³/mol. The molecule has 176 valence electrons. The van der Waals surface area contributed by atoms with Crippen molar-refractivity contribution in [2.45, 2.75) is 19.4 Å². The Morgan fingerprint density at radius 3 is 2.62 bits per heavy atom. The first-order valence-corrected chi connectivity index (χ1v) is 11.3. The number of halogens is 2. The van der Waals surface area contributed by atoms with Gasteiger partial charge in [0.05, 0.1) is 31.8 Å². The van der Waals surface area contributed by atoms with Gasteiger partial charge < -0.3 is 19.4 Å². The molecule has 1 N–H and O–H groups in total. The monoisotopic (exact) mass is 481 g/mol. The Hall–Kier alpha value is -3.58. The molecule has 0 radical (unpaired) electrons. The van der Waals surface area contributed by atoms with E-state index in [2.05, 4.69) is 5.32 Å². The quantitative estimate of drug-likeness (QED) is 0.331. The maximum Gasteiger partial charge on any atom is 0.251 e. The number of rotatable bonds is 9. The normalized spacial score (nSPS) is 10.9. The van der Waals surface area contributed by atoms with Gasteiger partial charge in [-0.2, -0.15) is 0 Å². The first-order chi connectivity index (χ1) is 16.5. The lowest BCUT2D eigenvalue weighted by molar-refractivity contribution is 0.0952. The van der Waals surface area contributed by atoms with Gasteiger partial charge in [-0.3, -0.25) is 4.79 Å². The zero-order valence-corrected chi connectivity index (χ0v) is 19.7. The summed E-state index contributed by atoms with van der Waals surface area (Å²) in [5.74, 6) is 1.32. The summed E-state index contributed by atoms with van der Waals surface area (Å²) in [6.45, 7) is 0.732. The van der Waals surface area contributed by atoms with Crippen molar-refractivity contribution < 1.29 is 18.7 Å². The number of nitrogens with one attached hydrogen (secondary N) is 1. The van der Waals surface area contributed by atoms with E-state index in [1.165, 1.54) is 13.2 Å². The molecule has 0 aliphatic carbocycles. The van der Waals surface area contributed by atoms with Crippen LogP contribution in [0.5, 0.6) is 11.5 Å². The Balaban J connectivity index is 1.46. The second kappa shape index (κ2) is 10.6. The number of nitrogens with zero attached hydrogens (tertiary/aromatic N) is 2. The van der Waals surface area contributed by atoms with E-state index in [1.54, 1.807) is 37.4 Å². The van der Waals surface area contributed by atoms with Crippen LogP contribution in [0.25, 0.3) is 11.0 Å². The molecule has 0 bridgehead atoms. The zero-order valence-electron chi connectivity index (χ0n) is 19.0. The summed E-state index contributed by atoms with van der Waals surface area (Å²) >= 11 is 6.27. The van der Waals surface area contributed by atoms with Crippen molar-refractivity contribution in [1.29, 1.82) is 0 Å². The molecule has 34 heavy (non-hydrogen) atoms. The van der Waals surface area contributed by atoms with Crippen molar-refractivity contribution in [3.05, 3.63) is 88.5 Å². The highest BCUT2D eigenvalue weighted by Gasteiger charge is 2.15. The first kappa shape index (κ1) is 23.6. The minimum absolute atomic E-state index is 0.201. The fraction of sp³-hybridized carbons (Fsp3) is 0.231. The number of ether oxygens (including phenoxy) is 2. The van der Waals surface area contributed by atoms with Gasteiger partial charge in [0.1, 0.15) is 11.6 Å². The highest BCUT2D eigenvalue weighted by atomic mass is 35.5. The van der Waals surface area contributed by atoms with E-state index in [0.717, 1.165) is 16.9 Å². The Kier molecular flexibility index (Phi) is 7.33. The third-order valence-corrected chi connectivity index (χ3v) is 5.97. The molecule has 1 aromatic heterocycles. The fourth-order valence-corrected chi connectivity index (χ4v) is 4.08. The van der Waals surface area contributed by atoms with Crippen LogP contribution in [0.4, 0.5) is 4.39 Å². The maximum atomic E-state index is 14.5. The number of para-hydroxylation sites is 2. The van der Waals surface area contributed by atoms with Crippen molar-refractivity contribution in [3.63, 3.8) is 0 Å². The Bertz CT molecular complexity index is 1300. The minimum atomic E-state index is -0.349. The third-order valence-electron chi connectivity index (χ3n) is 5.62. The molecule has 0 spiro atoms. The maximum absolute atomic E-state index is 14.5. The van der Waals surface area contributed by atoms with Crippen LogP contribution in [0.2, 0.25) is 5.02 Å². The molecule has 0 saturated carbocycles. The number of fused-ring (bicyclic) bond motifs is 1. The number of carbonyl (C=O) groups excluding carboxylic acids is 1. The fourth-order valence-electron chi connectivity index (χ4n) is 3.86. The number of hydrogen-bond acceptors (Lipinski definition) is 4. The van der Waals surface area contributed by atoms with Gasteiger partial charge in [0, 0.05) is 29.1 Å². The summed E-state index contributed by atoms with van der Waals surface area (Å²) in [5.41, 5.74) is 2.65. The summed E-state index contributed by atoms with van der Waals surface area (Å²) in [4.78, 5) is 17.3. The van der Waals surface area contributed by atoms with Gasteiger partial charge in [0.15, 0.2) is 11.5 Å². The van der Waals surface area contributed by atoms with E-state index < -0.39 is 0 Å². The molecule has 0 aliphatic heterocycles. The number of methoxy groups -OCH3 is 2. The van der Waals surface area contributed by atoms with Crippen molar-refractivity contribution in [2.24, 2.45) is 0 Å². The van der Waals surface area contributed by atoms with Gasteiger partial charge >= 0.3 is 0 Å². The highest BCUT2D eigenvalue weighted by Crippen LogP contribution is 2.27. The van der Waals surface area contributed by atoms with Gasteiger partial charge in [0.2, 0.25) is 0 Å². The number of imidazole rings is 1. The highest BCUT2D eigenvalue weighted by molar-refractivity contribution is 6.31. The molecule has 4 aromatic rings. The van der Waals surface area contributed by atoms with Crippen LogP contribution in [0.15, 0.2) is 60.7 Å². The predicted octanol–water partition coefficient (Wildman–Crippen LogP) is 5.26. The van der Waals surface area contributed by atoms with Crippen molar-refractivity contribution in [1.82, 2.24) is 14.9 Å². The number of benzene rings is 3. The Morgan fingerprint density at radius 2 is 1.85 bits per heavy atom. The molecule has 6 nitrogen and oxygen atoms in total. The summed E-state index contributed by atoms with van der Waals surface area (Å²) < 4.78 is 26.9. The lowest BCUT2D eigenvalue weighted by Gasteiger charge is -2.12. The molecular formula is C26H25ClFN3O3. The Labute approximate surface area is 202 Å². The number of carbonyl (C=O) groups is 1. The average Bonchev–Trinajstić information content (AvgIpc) is 3.20. The van der Waals surface area contributed by atoms with Gasteiger partial charge in [0.25, 0.3) is 5.91 Å². The number of amides is 1. The lowest BCUT2D eigenvalue weighted by atomic mass is 10.2. The molecule has 3 aromatic carbocycles. The van der Waals surface area contributed by atoms with Crippen molar-refractivity contribution in [3.8, 4) is 11.5 Å². The van der Waals surface area contributed by atoms with Crippen LogP contribution in [0.1, 0.15) is 28.2 Å². The van der Waals surface area contributed by atoms with E-state index in [4.69, 9.17) is 26.1 Å². The molecule has 4 rings (SSSR count). The molecular weight excluding hydrogens is 457 g/mol. The largest absolute Gasteiger partial charge is 0.493 e. The van der Waals surface area contributed by atoms with Crippen molar-refractivity contribution in [2.75, 3.05) is 20.8 Å². The minimum Gasteiger partial charge on any atom is -0.493 e. The second-order valence-electron chi connectivity index (χ2n) is 7.73. The van der Waals surface area contributed by atoms with Gasteiger partial charge in [-0.25, -0.2) is 9.37 Å². The standard InChI is InChI=1S/C26H25ClFN3O3/c1-33-23-13-12-17(15-24(23)34-2)26(32)29-14-6-11-25-30-21-9-3-4-10-22(21)31(25)16-18-19(27)7-5-8-20(18)28/h3-5,7-10,12-13,15H,6,11,14,16H2,1-2H3,(H,29,32). The van der Waals surface area contributed by atoms with E-state index in [0.29, 0.717) is 47.0 Å². The smallest absolute Gasteiger partial charge is 0.251 e. The van der Waals surface area contributed by atoms with Crippen LogP contribution < -0.4 is 14.8 Å². The molecule has 1 heterocycles. The van der Waals surface area contributed by atoms with E-state index in [-0.39, 0.29) is 18.3 Å². The lowest BCUT2D eigenvalue weighted by Crippen LogP contribution is -2.25. The zero-order chi connectivity index (χ0) is 24.1. The van der Waals surface area contributed by atoms with Crippen LogP contribution in [-0.4, -0.2) is 36.2 Å². The van der Waals surface area contributed by atoms with E-state index >= 15 is 0 Å². The van der Waals surface area contributed by atoms with E-state index in [9.17, 15) is 9.18 Å². The number of aromatic nitrogens is 2. The van der Waals surface area contributed by atoms with Crippen LogP contribution in [-0.2, 0) is 13.0 Å². The average molecular weight is 482 g/mol. The summed E-state index contributed by atoms with van der Waals surface area (Å²) in [6, 6.07) is 17.4. The SMILES string of the molecule is COc1ccc(C(=O)NCCCc2nc3ccccc3n2Cc2c(F)cccc2Cl)cc1OC. The molecule has 0 atom stereocenters. The second-order valence-corrected chi connectivity index (χ2v) is 8.14. The van der Waals surface area contributed by atoms with Gasteiger partial charge in [-0.05, 0) is 48.9 Å². The molecule has 0 fully saturated rings. The Morgan fingerprint density at radius 1 is 1.06 bits per heavy atom. The van der Waals surface area contributed by atoms with E-state index in [1.807, 2.05) is 28.8 Å². The molecule has 8 heteroatoms. The van der Waals surface area contributed by atoms with Gasteiger partial charge in [-0.1, -0.05) is 29.8 Å².